The Labute approximate surface area is 131 Å². The fourth-order valence-corrected chi connectivity index (χ4v) is 1.49. The maximum Gasteiger partial charge on any atom is 0.573 e. The molecule has 1 fully saturated rings. The van der Waals surface area contributed by atoms with Gasteiger partial charge in [0.25, 0.3) is 0 Å². The molecule has 0 spiro atoms. The summed E-state index contributed by atoms with van der Waals surface area (Å²) in [5.74, 6) is 0.490. The van der Waals surface area contributed by atoms with E-state index < -0.39 is 6.36 Å². The lowest BCUT2D eigenvalue weighted by molar-refractivity contribution is -0.274. The zero-order valence-electron chi connectivity index (χ0n) is 10.5. The van der Waals surface area contributed by atoms with Crippen molar-refractivity contribution in [2.45, 2.75) is 19.2 Å². The van der Waals surface area contributed by atoms with Crippen LogP contribution in [0.5, 0.6) is 5.75 Å². The Morgan fingerprint density at radius 3 is 2.70 bits per heavy atom. The normalized spacial score (nSPS) is 15.4. The minimum Gasteiger partial charge on any atom is -0.406 e. The van der Waals surface area contributed by atoms with Crippen molar-refractivity contribution in [3.63, 3.8) is 0 Å². The second kappa shape index (κ2) is 7.00. The van der Waals surface area contributed by atoms with Gasteiger partial charge in [0.05, 0.1) is 0 Å². The first kappa shape index (κ1) is 16.9. The van der Waals surface area contributed by atoms with Crippen LogP contribution in [0.3, 0.4) is 0 Å². The Morgan fingerprint density at radius 1 is 1.40 bits per heavy atom. The molecule has 0 atom stereocenters. The summed E-state index contributed by atoms with van der Waals surface area (Å²) < 4.78 is 40.0. The summed E-state index contributed by atoms with van der Waals surface area (Å²) in [6, 6.07) is 5.46. The van der Waals surface area contributed by atoms with E-state index in [1.54, 1.807) is 6.07 Å². The van der Waals surface area contributed by atoms with Crippen molar-refractivity contribution in [3.05, 3.63) is 24.3 Å². The van der Waals surface area contributed by atoms with Crippen LogP contribution >= 0.6 is 24.0 Å². The molecular weight excluding hydrogens is 386 g/mol. The van der Waals surface area contributed by atoms with Gasteiger partial charge < -0.3 is 15.8 Å². The molecule has 20 heavy (non-hydrogen) atoms. The molecule has 0 unspecified atom stereocenters. The van der Waals surface area contributed by atoms with Gasteiger partial charge in [-0.3, -0.25) is 4.99 Å². The van der Waals surface area contributed by atoms with Crippen molar-refractivity contribution in [2.24, 2.45) is 16.6 Å². The van der Waals surface area contributed by atoms with Crippen LogP contribution in [0, 0.1) is 5.92 Å². The number of aliphatic imine (C=N–C) groups is 1. The second-order valence-electron chi connectivity index (χ2n) is 4.37. The fourth-order valence-electron chi connectivity index (χ4n) is 1.49. The maximum atomic E-state index is 12.1. The number of hydrogen-bond donors (Lipinski definition) is 2. The van der Waals surface area contributed by atoms with E-state index in [9.17, 15) is 13.2 Å². The summed E-state index contributed by atoms with van der Waals surface area (Å²) in [5, 5.41) is 2.73. The Bertz CT molecular complexity index is 475. The average molecular weight is 401 g/mol. The molecule has 1 aliphatic rings. The Morgan fingerprint density at radius 2 is 2.10 bits per heavy atom. The Balaban J connectivity index is 0.00000200. The number of guanidine groups is 1. The lowest BCUT2D eigenvalue weighted by atomic mass is 10.3. The first-order valence-corrected chi connectivity index (χ1v) is 5.85. The molecule has 8 heteroatoms. The third kappa shape index (κ3) is 6.31. The predicted molar refractivity (Wildman–Crippen MR) is 81.4 cm³/mol. The van der Waals surface area contributed by atoms with E-state index in [1.807, 2.05) is 0 Å². The largest absolute Gasteiger partial charge is 0.573 e. The smallest absolute Gasteiger partial charge is 0.406 e. The molecule has 0 bridgehead atoms. The zero-order valence-corrected chi connectivity index (χ0v) is 12.8. The van der Waals surface area contributed by atoms with Crippen LogP contribution in [-0.2, 0) is 0 Å². The predicted octanol–water partition coefficient (Wildman–Crippen LogP) is 3.34. The summed E-state index contributed by atoms with van der Waals surface area (Å²) in [7, 11) is 0. The molecule has 1 aromatic carbocycles. The van der Waals surface area contributed by atoms with Crippen LogP contribution in [0.1, 0.15) is 12.8 Å². The fraction of sp³-hybridized carbons (Fsp3) is 0.417. The first-order valence-electron chi connectivity index (χ1n) is 5.85. The van der Waals surface area contributed by atoms with Gasteiger partial charge in [0.2, 0.25) is 0 Å². The first-order chi connectivity index (χ1) is 8.92. The quantitative estimate of drug-likeness (QED) is 0.462. The number of rotatable bonds is 4. The summed E-state index contributed by atoms with van der Waals surface area (Å²) in [6.07, 6.45) is -2.39. The van der Waals surface area contributed by atoms with Crippen LogP contribution < -0.4 is 15.8 Å². The van der Waals surface area contributed by atoms with Gasteiger partial charge in [-0.15, -0.1) is 37.1 Å². The molecule has 0 aliphatic heterocycles. The van der Waals surface area contributed by atoms with E-state index in [0.29, 0.717) is 18.2 Å². The number of benzene rings is 1. The zero-order chi connectivity index (χ0) is 13.9. The number of nitrogens with one attached hydrogen (secondary N) is 1. The van der Waals surface area contributed by atoms with E-state index in [4.69, 9.17) is 5.73 Å². The number of nitrogens with zero attached hydrogens (tertiary/aromatic N) is 1. The molecule has 0 heterocycles. The molecule has 1 aliphatic carbocycles. The van der Waals surface area contributed by atoms with Crippen molar-refractivity contribution < 1.29 is 17.9 Å². The van der Waals surface area contributed by atoms with Crippen LogP contribution in [-0.4, -0.2) is 18.9 Å². The molecule has 0 aromatic heterocycles. The summed E-state index contributed by atoms with van der Waals surface area (Å²) >= 11 is 0. The van der Waals surface area contributed by atoms with E-state index in [2.05, 4.69) is 15.0 Å². The van der Waals surface area contributed by atoms with Crippen molar-refractivity contribution in [1.82, 2.24) is 0 Å². The van der Waals surface area contributed by atoms with E-state index in [-0.39, 0.29) is 35.7 Å². The van der Waals surface area contributed by atoms with Crippen molar-refractivity contribution in [1.29, 1.82) is 0 Å². The van der Waals surface area contributed by atoms with Gasteiger partial charge in [-0.05, 0) is 30.9 Å². The van der Waals surface area contributed by atoms with Crippen molar-refractivity contribution in [3.8, 4) is 5.75 Å². The van der Waals surface area contributed by atoms with Gasteiger partial charge >= 0.3 is 6.36 Å². The Kier molecular flexibility index (Phi) is 5.90. The maximum absolute atomic E-state index is 12.1. The topological polar surface area (TPSA) is 59.6 Å². The highest BCUT2D eigenvalue weighted by Gasteiger charge is 2.31. The highest BCUT2D eigenvalue weighted by atomic mass is 127. The van der Waals surface area contributed by atoms with Gasteiger partial charge in [-0.2, -0.15) is 0 Å². The summed E-state index contributed by atoms with van der Waals surface area (Å²) in [5.41, 5.74) is 6.04. The second-order valence-corrected chi connectivity index (χ2v) is 4.37. The van der Waals surface area contributed by atoms with E-state index in [1.165, 1.54) is 18.2 Å². The molecule has 0 amide bonds. The Hall–Kier alpha value is -1.19. The molecule has 1 saturated carbocycles. The number of halogens is 4. The number of alkyl halides is 3. The lowest BCUT2D eigenvalue weighted by Gasteiger charge is -2.11. The van der Waals surface area contributed by atoms with Crippen LogP contribution in [0.2, 0.25) is 0 Å². The van der Waals surface area contributed by atoms with Crippen LogP contribution in [0.25, 0.3) is 0 Å². The minimum absolute atomic E-state index is 0. The molecule has 1 aromatic rings. The standard InChI is InChI=1S/C12H14F3N3O.HI/c13-12(14,15)19-10-3-1-2-9(6-10)18-11(16)17-7-8-4-5-8;/h1-3,6,8H,4-5,7H2,(H3,16,17,18);1H. The lowest BCUT2D eigenvalue weighted by Crippen LogP contribution is -2.23. The monoisotopic (exact) mass is 401 g/mol. The highest BCUT2D eigenvalue weighted by Crippen LogP contribution is 2.29. The van der Waals surface area contributed by atoms with Crippen molar-refractivity contribution in [2.75, 3.05) is 11.9 Å². The van der Waals surface area contributed by atoms with Gasteiger partial charge in [0, 0.05) is 18.3 Å². The molecule has 4 nitrogen and oxygen atoms in total. The molecule has 0 radical (unpaired) electrons. The third-order valence-electron chi connectivity index (χ3n) is 2.56. The average Bonchev–Trinajstić information content (AvgIpc) is 3.08. The molecule has 0 saturated heterocycles. The van der Waals surface area contributed by atoms with Crippen LogP contribution in [0.15, 0.2) is 29.3 Å². The SMILES string of the molecule is I.NC(=NCC1CC1)Nc1cccc(OC(F)(F)F)c1. The number of ether oxygens (including phenoxy) is 1. The molecule has 3 N–H and O–H groups in total. The summed E-state index contributed by atoms with van der Waals surface area (Å²) in [6.45, 7) is 0.650. The van der Waals surface area contributed by atoms with Crippen LogP contribution in [0.4, 0.5) is 18.9 Å². The van der Waals surface area contributed by atoms with Gasteiger partial charge in [-0.25, -0.2) is 0 Å². The van der Waals surface area contributed by atoms with E-state index >= 15 is 0 Å². The van der Waals surface area contributed by atoms with Gasteiger partial charge in [-0.1, -0.05) is 6.07 Å². The van der Waals surface area contributed by atoms with Gasteiger partial charge in [0.15, 0.2) is 5.96 Å². The van der Waals surface area contributed by atoms with Crippen molar-refractivity contribution >= 4 is 35.6 Å². The number of anilines is 1. The molecule has 112 valence electrons. The van der Waals surface area contributed by atoms with E-state index in [0.717, 1.165) is 12.8 Å². The highest BCUT2D eigenvalue weighted by molar-refractivity contribution is 14.0. The number of hydrogen-bond acceptors (Lipinski definition) is 2. The number of nitrogens with two attached hydrogens (primary N) is 1. The summed E-state index contributed by atoms with van der Waals surface area (Å²) in [4.78, 5) is 4.11. The molecule has 2 rings (SSSR count). The third-order valence-corrected chi connectivity index (χ3v) is 2.56. The molecular formula is C12H15F3IN3O. The minimum atomic E-state index is -4.70. The van der Waals surface area contributed by atoms with Gasteiger partial charge in [0.1, 0.15) is 5.75 Å².